The first kappa shape index (κ1) is 29.2. The molecule has 2 aliphatic heterocycles. The van der Waals surface area contributed by atoms with Gasteiger partial charge in [0.25, 0.3) is 0 Å². The maximum absolute atomic E-state index is 17.1. The highest BCUT2D eigenvalue weighted by Gasteiger charge is 2.40. The predicted molar refractivity (Wildman–Crippen MR) is 162 cm³/mol. The Morgan fingerprint density at radius 1 is 1.16 bits per heavy atom. The van der Waals surface area contributed by atoms with Crippen LogP contribution in [0.3, 0.4) is 0 Å². The average molecular weight is 605 g/mol. The second-order valence-electron chi connectivity index (χ2n) is 11.5. The van der Waals surface area contributed by atoms with Crippen LogP contribution in [0, 0.1) is 24.4 Å². The first-order valence-corrected chi connectivity index (χ1v) is 14.3. The van der Waals surface area contributed by atoms with Gasteiger partial charge in [0.05, 0.1) is 39.6 Å². The largest absolute Gasteiger partial charge is 0.507 e. The molecule has 2 aromatic heterocycles. The fourth-order valence-electron chi connectivity index (χ4n) is 6.36. The molecule has 228 valence electrons. The van der Waals surface area contributed by atoms with Gasteiger partial charge in [-0.1, -0.05) is 26.5 Å². The number of benzene rings is 2. The van der Waals surface area contributed by atoms with E-state index in [1.54, 1.807) is 29.0 Å². The molecule has 1 amide bonds. The maximum atomic E-state index is 17.1. The molecule has 0 spiro atoms. The second-order valence-corrected chi connectivity index (χ2v) is 11.5. The number of rotatable bonds is 4. The summed E-state index contributed by atoms with van der Waals surface area (Å²) in [6.45, 7) is 11.4. The van der Waals surface area contributed by atoms with E-state index in [1.165, 1.54) is 12.1 Å². The number of nitrogens with one attached hydrogen (secondary N) is 1. The first-order chi connectivity index (χ1) is 21.0. The van der Waals surface area contributed by atoms with E-state index >= 15 is 13.2 Å². The molecule has 0 saturated carbocycles. The van der Waals surface area contributed by atoms with Gasteiger partial charge < -0.3 is 20.2 Å². The van der Waals surface area contributed by atoms with E-state index in [1.807, 2.05) is 20.8 Å². The molecule has 12 heteroatoms. The number of hydrogen-bond donors (Lipinski definition) is 2. The lowest BCUT2D eigenvalue weighted by atomic mass is 9.97. The van der Waals surface area contributed by atoms with E-state index in [0.29, 0.717) is 11.3 Å². The Hall–Kier alpha value is -4.87. The third kappa shape index (κ3) is 4.30. The zero-order valence-corrected chi connectivity index (χ0v) is 24.7. The van der Waals surface area contributed by atoms with Crippen molar-refractivity contribution in [2.45, 2.75) is 45.7 Å². The van der Waals surface area contributed by atoms with Gasteiger partial charge in [-0.2, -0.15) is 4.98 Å². The van der Waals surface area contributed by atoms with Crippen LogP contribution in [0.25, 0.3) is 27.7 Å². The quantitative estimate of drug-likeness (QED) is 0.316. The molecule has 0 bridgehead atoms. The third-order valence-corrected chi connectivity index (χ3v) is 8.45. The molecule has 6 rings (SSSR count). The maximum Gasteiger partial charge on any atom is 0.354 e. The summed E-state index contributed by atoms with van der Waals surface area (Å²) in [7, 11) is 0. The molecule has 0 radical (unpaired) electrons. The van der Waals surface area contributed by atoms with Gasteiger partial charge in [0.15, 0.2) is 11.6 Å². The van der Waals surface area contributed by atoms with Crippen LogP contribution in [0.4, 0.5) is 24.7 Å². The van der Waals surface area contributed by atoms with Crippen LogP contribution in [-0.2, 0) is 4.79 Å². The van der Waals surface area contributed by atoms with Crippen molar-refractivity contribution in [2.75, 3.05) is 29.9 Å². The summed E-state index contributed by atoms with van der Waals surface area (Å²) in [6.07, 6.45) is 2.80. The molecular formula is C32H31F3N6O3. The Balaban J connectivity index is 1.77. The van der Waals surface area contributed by atoms with E-state index in [2.05, 4.69) is 21.9 Å². The topological polar surface area (TPSA) is 104 Å². The fraction of sp³-hybridized carbons (Fsp3) is 0.312. The van der Waals surface area contributed by atoms with Crippen molar-refractivity contribution < 1.29 is 23.1 Å². The molecule has 2 unspecified atom stereocenters. The van der Waals surface area contributed by atoms with Crippen molar-refractivity contribution in [1.82, 2.24) is 19.4 Å². The smallest absolute Gasteiger partial charge is 0.354 e. The lowest BCUT2D eigenvalue weighted by Gasteiger charge is -2.45. The molecule has 2 N–H and O–H groups in total. The van der Waals surface area contributed by atoms with Gasteiger partial charge in [-0.05, 0) is 49.6 Å². The number of phenols is 1. The highest BCUT2D eigenvalue weighted by Crippen LogP contribution is 2.46. The van der Waals surface area contributed by atoms with Gasteiger partial charge in [-0.25, -0.2) is 18.0 Å². The summed E-state index contributed by atoms with van der Waals surface area (Å²) in [6, 6.07) is 4.20. The summed E-state index contributed by atoms with van der Waals surface area (Å²) in [4.78, 5) is 39.0. The summed E-state index contributed by atoms with van der Waals surface area (Å²) in [5.74, 6) is -4.54. The van der Waals surface area contributed by atoms with Gasteiger partial charge in [0.1, 0.15) is 22.9 Å². The Morgan fingerprint density at radius 3 is 2.59 bits per heavy atom. The summed E-state index contributed by atoms with van der Waals surface area (Å²) in [5.41, 5.74) is -1.53. The Labute approximate surface area is 251 Å². The van der Waals surface area contributed by atoms with Crippen molar-refractivity contribution in [1.29, 1.82) is 0 Å². The van der Waals surface area contributed by atoms with Gasteiger partial charge in [0, 0.05) is 31.9 Å². The predicted octanol–water partition coefficient (Wildman–Crippen LogP) is 5.02. The minimum Gasteiger partial charge on any atom is -0.507 e. The standard InChI is InChI=1S/C32H31F3N6O3/c1-6-21(43)39-14-18-12-37-28-24-30(26(35)23(25(28)34)22-19(33)8-7-9-20(22)42)41(29-16(4)10-11-36-27(29)15(2)3)32(44)38-31(24)40(18)13-17(39)5/h6-11,15,17-18,37,42H,1,12-14H2,2-5H3. The zero-order chi connectivity index (χ0) is 31.6. The van der Waals surface area contributed by atoms with Crippen molar-refractivity contribution in [3.05, 3.63) is 82.3 Å². The average Bonchev–Trinajstić information content (AvgIpc) is 3.13. The Bertz CT molecular complexity index is 1900. The van der Waals surface area contributed by atoms with Crippen LogP contribution in [0.2, 0.25) is 0 Å². The van der Waals surface area contributed by atoms with Crippen molar-refractivity contribution >= 4 is 28.3 Å². The van der Waals surface area contributed by atoms with Crippen LogP contribution in [-0.4, -0.2) is 62.2 Å². The number of carbonyl (C=O) groups excluding carboxylic acids is 1. The number of aromatic hydroxyl groups is 1. The lowest BCUT2D eigenvalue weighted by molar-refractivity contribution is -0.128. The van der Waals surface area contributed by atoms with Crippen molar-refractivity contribution in [3.8, 4) is 22.6 Å². The van der Waals surface area contributed by atoms with E-state index < -0.39 is 46.1 Å². The van der Waals surface area contributed by atoms with Gasteiger partial charge in [-0.15, -0.1) is 0 Å². The molecule has 1 saturated heterocycles. The summed E-state index contributed by atoms with van der Waals surface area (Å²) in [5, 5.41) is 13.7. The van der Waals surface area contributed by atoms with Gasteiger partial charge >= 0.3 is 5.69 Å². The number of piperazine rings is 1. The van der Waals surface area contributed by atoms with Crippen LogP contribution >= 0.6 is 0 Å². The number of anilines is 2. The second kappa shape index (κ2) is 10.7. The molecular weight excluding hydrogens is 573 g/mol. The molecule has 0 aliphatic carbocycles. The number of nitrogens with zero attached hydrogens (tertiary/aromatic N) is 5. The van der Waals surface area contributed by atoms with Gasteiger partial charge in [0.2, 0.25) is 5.91 Å². The molecule has 1 fully saturated rings. The SMILES string of the molecule is C=CC(=O)N1CC2CNc3c(F)c(-c4c(O)cccc4F)c(F)c4c3c(nc(=O)n4-c3c(C)ccnc3C(C)C)N2CC1C. The van der Waals surface area contributed by atoms with Crippen LogP contribution in [0.15, 0.2) is 47.9 Å². The number of aryl methyl sites for hydroxylation is 1. The summed E-state index contributed by atoms with van der Waals surface area (Å²) < 4.78 is 50.0. The first-order valence-electron chi connectivity index (χ1n) is 14.3. The number of phenolic OH excluding ortho intramolecular Hbond substituents is 1. The minimum atomic E-state index is -1.24. The number of pyridine rings is 1. The molecule has 2 atom stereocenters. The number of amides is 1. The highest BCUT2D eigenvalue weighted by molar-refractivity contribution is 6.05. The normalized spacial score (nSPS) is 17.8. The number of carbonyl (C=O) groups is 1. The van der Waals surface area contributed by atoms with Crippen molar-refractivity contribution in [2.24, 2.45) is 0 Å². The van der Waals surface area contributed by atoms with Crippen molar-refractivity contribution in [3.63, 3.8) is 0 Å². The Morgan fingerprint density at radius 2 is 1.91 bits per heavy atom. The number of aromatic nitrogens is 3. The molecule has 4 aromatic rings. The molecule has 44 heavy (non-hydrogen) atoms. The summed E-state index contributed by atoms with van der Waals surface area (Å²) >= 11 is 0. The Kier molecular flexibility index (Phi) is 7.10. The molecule has 4 heterocycles. The monoisotopic (exact) mass is 604 g/mol. The third-order valence-electron chi connectivity index (χ3n) is 8.45. The zero-order valence-electron chi connectivity index (χ0n) is 24.7. The van der Waals surface area contributed by atoms with Crippen LogP contribution in [0.5, 0.6) is 5.75 Å². The van der Waals surface area contributed by atoms with Gasteiger partial charge in [-0.3, -0.25) is 14.3 Å². The highest BCUT2D eigenvalue weighted by atomic mass is 19.1. The molecule has 9 nitrogen and oxygen atoms in total. The number of hydrogen-bond acceptors (Lipinski definition) is 7. The van der Waals surface area contributed by atoms with E-state index in [4.69, 9.17) is 0 Å². The molecule has 2 aliphatic rings. The fourth-order valence-corrected chi connectivity index (χ4v) is 6.36. The number of fused-ring (bicyclic) bond motifs is 2. The minimum absolute atomic E-state index is 0.0182. The van der Waals surface area contributed by atoms with E-state index in [0.717, 1.165) is 16.7 Å². The van der Waals surface area contributed by atoms with E-state index in [9.17, 15) is 14.7 Å². The number of halogens is 3. The lowest BCUT2D eigenvalue weighted by Crippen LogP contribution is -2.60. The van der Waals surface area contributed by atoms with Crippen LogP contribution < -0.4 is 15.9 Å². The van der Waals surface area contributed by atoms with E-state index in [-0.39, 0.29) is 65.6 Å². The van der Waals surface area contributed by atoms with Crippen LogP contribution in [0.1, 0.15) is 37.9 Å². The molecule has 2 aromatic carbocycles.